The van der Waals surface area contributed by atoms with Gasteiger partial charge in [0.05, 0.1) is 46.6 Å². The lowest BCUT2D eigenvalue weighted by molar-refractivity contribution is 0.0962. The zero-order valence-corrected chi connectivity index (χ0v) is 20.7. The van der Waals surface area contributed by atoms with Gasteiger partial charge in [0.2, 0.25) is 5.95 Å². The van der Waals surface area contributed by atoms with Gasteiger partial charge in [-0.3, -0.25) is 9.89 Å². The number of halogens is 1. The summed E-state index contributed by atoms with van der Waals surface area (Å²) in [5.41, 5.74) is 2.57. The van der Waals surface area contributed by atoms with E-state index in [0.717, 1.165) is 10.9 Å². The quantitative estimate of drug-likeness (QED) is 0.356. The maximum absolute atomic E-state index is 12.9. The second-order valence-electron chi connectivity index (χ2n) is 8.58. The number of aromatic amines is 1. The number of carbonyl (C=O) groups excluding carboxylic acids is 1. The van der Waals surface area contributed by atoms with Crippen LogP contribution in [0.2, 0.25) is 5.02 Å². The minimum atomic E-state index is -3.04. The van der Waals surface area contributed by atoms with Crippen LogP contribution in [0.3, 0.4) is 0 Å². The summed E-state index contributed by atoms with van der Waals surface area (Å²) < 4.78 is 30.5. The first-order valence-electron chi connectivity index (χ1n) is 11.0. The van der Waals surface area contributed by atoms with E-state index in [9.17, 15) is 13.2 Å². The third kappa shape index (κ3) is 4.61. The van der Waals surface area contributed by atoms with Gasteiger partial charge >= 0.3 is 0 Å². The number of fused-ring (bicyclic) bond motifs is 1. The summed E-state index contributed by atoms with van der Waals surface area (Å²) in [6.45, 7) is 0. The van der Waals surface area contributed by atoms with E-state index in [4.69, 9.17) is 16.3 Å². The summed E-state index contributed by atoms with van der Waals surface area (Å²) in [5.74, 6) is 1.21. The number of carbonyl (C=O) groups is 1. The first kappa shape index (κ1) is 23.3. The van der Waals surface area contributed by atoms with Crippen LogP contribution >= 0.6 is 11.6 Å². The molecule has 0 radical (unpaired) electrons. The van der Waals surface area contributed by atoms with Gasteiger partial charge in [0.15, 0.2) is 21.4 Å². The average molecular weight is 515 g/mol. The Balaban J connectivity index is 1.38. The number of hydrogen-bond donors (Lipinski definition) is 2. The zero-order valence-electron chi connectivity index (χ0n) is 19.1. The van der Waals surface area contributed by atoms with Gasteiger partial charge in [0.1, 0.15) is 5.75 Å². The molecule has 0 bridgehead atoms. The van der Waals surface area contributed by atoms with Crippen molar-refractivity contribution in [3.05, 3.63) is 47.1 Å². The van der Waals surface area contributed by atoms with E-state index in [2.05, 4.69) is 25.6 Å². The van der Waals surface area contributed by atoms with Crippen molar-refractivity contribution < 1.29 is 17.9 Å². The molecule has 0 spiro atoms. The molecule has 0 amide bonds. The van der Waals surface area contributed by atoms with E-state index in [1.807, 2.05) is 12.1 Å². The molecule has 2 aromatic carbocycles. The lowest BCUT2D eigenvalue weighted by atomic mass is 9.96. The fraction of sp³-hybridized carbons (Fsp3) is 0.304. The van der Waals surface area contributed by atoms with Crippen LogP contribution in [0.4, 0.5) is 11.6 Å². The van der Waals surface area contributed by atoms with E-state index in [1.54, 1.807) is 36.1 Å². The molecular weight excluding hydrogens is 492 g/mol. The molecule has 1 aliphatic rings. The van der Waals surface area contributed by atoms with Crippen molar-refractivity contribution in [3.8, 4) is 17.1 Å². The van der Waals surface area contributed by atoms with Crippen molar-refractivity contribution in [1.29, 1.82) is 0 Å². The Hall–Kier alpha value is -3.44. The second kappa shape index (κ2) is 8.97. The Morgan fingerprint density at radius 1 is 1.31 bits per heavy atom. The number of ketones is 1. The number of benzene rings is 2. The molecule has 10 nitrogen and oxygen atoms in total. The van der Waals surface area contributed by atoms with Gasteiger partial charge in [-0.05, 0) is 36.6 Å². The lowest BCUT2D eigenvalue weighted by Gasteiger charge is -2.11. The smallest absolute Gasteiger partial charge is 0.225 e. The normalized spacial score (nSPS) is 17.1. The number of sulfone groups is 1. The fourth-order valence-corrected chi connectivity index (χ4v) is 6.40. The number of aromatic nitrogens is 5. The predicted octanol–water partition coefficient (Wildman–Crippen LogP) is 3.77. The number of Topliss-reactive ketones (excluding diaryl/α,β-unsaturated/α-hetero) is 1. The molecule has 2 N–H and O–H groups in total. The Labute approximate surface area is 206 Å². The van der Waals surface area contributed by atoms with Crippen LogP contribution in [0.15, 0.2) is 36.5 Å². The number of anilines is 2. The average Bonchev–Trinajstić information content (AvgIpc) is 3.54. The van der Waals surface area contributed by atoms with Gasteiger partial charge in [-0.2, -0.15) is 10.1 Å². The molecular formula is C23H23ClN6O4S. The molecule has 5 rings (SSSR count). The van der Waals surface area contributed by atoms with Crippen molar-refractivity contribution in [1.82, 2.24) is 25.0 Å². The van der Waals surface area contributed by atoms with Crippen LogP contribution in [0, 0.1) is 5.92 Å². The van der Waals surface area contributed by atoms with Crippen LogP contribution in [-0.2, 0) is 16.9 Å². The fourth-order valence-electron chi connectivity index (χ4n) is 4.28. The van der Waals surface area contributed by atoms with E-state index >= 15 is 0 Å². The van der Waals surface area contributed by atoms with Gasteiger partial charge in [0.25, 0.3) is 0 Å². The number of nitrogens with zero attached hydrogens (tertiary/aromatic N) is 4. The lowest BCUT2D eigenvalue weighted by Crippen LogP contribution is -2.11. The maximum Gasteiger partial charge on any atom is 0.225 e. The van der Waals surface area contributed by atoms with Crippen molar-refractivity contribution in [2.24, 2.45) is 13.0 Å². The molecule has 1 atom stereocenters. The molecule has 0 saturated carbocycles. The Kier molecular flexibility index (Phi) is 5.97. The van der Waals surface area contributed by atoms with Crippen LogP contribution in [0.25, 0.3) is 22.3 Å². The molecule has 35 heavy (non-hydrogen) atoms. The summed E-state index contributed by atoms with van der Waals surface area (Å²) in [6.07, 6.45) is 2.35. The van der Waals surface area contributed by atoms with Crippen molar-refractivity contribution in [3.63, 3.8) is 0 Å². The van der Waals surface area contributed by atoms with E-state index < -0.39 is 9.84 Å². The van der Waals surface area contributed by atoms with Crippen LogP contribution in [0.1, 0.15) is 23.2 Å². The number of rotatable bonds is 7. The SMILES string of the molecule is COc1cc(-c2nc(Nc3ccc4[nH]ncc4c3Cl)n(C)n2)ccc1C(=O)CC1CCS(=O)(=O)C1. The highest BCUT2D eigenvalue weighted by Crippen LogP contribution is 2.33. The molecule has 12 heteroatoms. The Morgan fingerprint density at radius 3 is 2.89 bits per heavy atom. The molecule has 1 saturated heterocycles. The van der Waals surface area contributed by atoms with Crippen molar-refractivity contribution in [2.45, 2.75) is 12.8 Å². The third-order valence-corrected chi connectivity index (χ3v) is 8.37. The Bertz CT molecular complexity index is 1540. The van der Waals surface area contributed by atoms with Crippen LogP contribution in [-0.4, -0.2) is 57.8 Å². The standard InChI is InChI=1S/C23H23ClN6O4S/c1-30-23(26-18-6-5-17-16(21(18)24)11-25-28-17)27-22(29-30)14-3-4-15(20(10-14)34-2)19(31)9-13-7-8-35(32,33)12-13/h3-6,10-11,13H,7-9,12H2,1-2H3,(H,25,28)(H,26,27,29). The van der Waals surface area contributed by atoms with Gasteiger partial charge < -0.3 is 10.1 Å². The highest BCUT2D eigenvalue weighted by molar-refractivity contribution is 7.91. The number of methoxy groups -OCH3 is 1. The van der Waals surface area contributed by atoms with Gasteiger partial charge in [0, 0.05) is 24.4 Å². The number of H-pyrrole nitrogens is 1. The topological polar surface area (TPSA) is 132 Å². The molecule has 2 aromatic heterocycles. The van der Waals surface area contributed by atoms with E-state index in [1.165, 1.54) is 7.11 Å². The highest BCUT2D eigenvalue weighted by Gasteiger charge is 2.30. The highest BCUT2D eigenvalue weighted by atomic mass is 35.5. The van der Waals surface area contributed by atoms with Gasteiger partial charge in [-0.15, -0.1) is 5.10 Å². The molecule has 4 aromatic rings. The zero-order chi connectivity index (χ0) is 24.7. The number of aryl methyl sites for hydroxylation is 1. The second-order valence-corrected chi connectivity index (χ2v) is 11.2. The van der Waals surface area contributed by atoms with E-state index in [0.29, 0.717) is 45.8 Å². The molecule has 1 aliphatic heterocycles. The first-order chi connectivity index (χ1) is 16.7. The van der Waals surface area contributed by atoms with Crippen molar-refractivity contribution in [2.75, 3.05) is 23.9 Å². The number of ether oxygens (including phenoxy) is 1. The summed E-state index contributed by atoms with van der Waals surface area (Å²) >= 11 is 6.51. The number of nitrogens with one attached hydrogen (secondary N) is 2. The number of hydrogen-bond acceptors (Lipinski definition) is 8. The summed E-state index contributed by atoms with van der Waals surface area (Å²) in [4.78, 5) is 17.5. The molecule has 1 fully saturated rings. The summed E-state index contributed by atoms with van der Waals surface area (Å²) in [7, 11) is 0.209. The summed E-state index contributed by atoms with van der Waals surface area (Å²) in [6, 6.07) is 8.84. The maximum atomic E-state index is 12.9. The molecule has 182 valence electrons. The van der Waals surface area contributed by atoms with Crippen LogP contribution in [0.5, 0.6) is 5.75 Å². The van der Waals surface area contributed by atoms with Gasteiger partial charge in [-0.1, -0.05) is 17.7 Å². The van der Waals surface area contributed by atoms with Crippen molar-refractivity contribution >= 4 is 49.8 Å². The first-order valence-corrected chi connectivity index (χ1v) is 13.2. The monoisotopic (exact) mass is 514 g/mol. The molecule has 0 aliphatic carbocycles. The van der Waals surface area contributed by atoms with Crippen LogP contribution < -0.4 is 10.1 Å². The van der Waals surface area contributed by atoms with Gasteiger partial charge in [-0.25, -0.2) is 13.1 Å². The summed E-state index contributed by atoms with van der Waals surface area (Å²) in [5, 5.41) is 15.9. The third-order valence-electron chi connectivity index (χ3n) is 6.13. The molecule has 1 unspecified atom stereocenters. The minimum absolute atomic E-state index is 0.0598. The Morgan fingerprint density at radius 2 is 2.14 bits per heavy atom. The van der Waals surface area contributed by atoms with E-state index in [-0.39, 0.29) is 29.6 Å². The largest absolute Gasteiger partial charge is 0.496 e. The molecule has 3 heterocycles. The minimum Gasteiger partial charge on any atom is -0.496 e. The predicted molar refractivity (Wildman–Crippen MR) is 133 cm³/mol.